The quantitative estimate of drug-likeness (QED) is 0.239. The van der Waals surface area contributed by atoms with Crippen LogP contribution in [0.2, 0.25) is 18.6 Å². The lowest BCUT2D eigenvalue weighted by Gasteiger charge is -2.37. The Hall–Kier alpha value is -4.23. The number of nitrogens with zero attached hydrogens (tertiary/aromatic N) is 2. The highest BCUT2D eigenvalue weighted by atomic mass is 28.3. The number of carbonyl (C=O) groups excluding carboxylic acids is 3. The van der Waals surface area contributed by atoms with Crippen molar-refractivity contribution in [1.82, 2.24) is 10.2 Å². The van der Waals surface area contributed by atoms with E-state index in [9.17, 15) is 14.7 Å². The molecule has 0 aliphatic carbocycles. The van der Waals surface area contributed by atoms with E-state index in [0.29, 0.717) is 24.5 Å². The molecule has 3 aromatic carbocycles. The van der Waals surface area contributed by atoms with Gasteiger partial charge in [0.05, 0.1) is 65.6 Å². The molecule has 0 bridgehead atoms. The molecule has 1 spiro atoms. The first-order chi connectivity index (χ1) is 26.0. The first-order valence-corrected chi connectivity index (χ1v) is 22.4. The summed E-state index contributed by atoms with van der Waals surface area (Å²) >= 11 is 0. The van der Waals surface area contributed by atoms with Crippen molar-refractivity contribution in [2.24, 2.45) is 11.8 Å². The number of aliphatic hydroxyl groups is 1. The zero-order valence-electron chi connectivity index (χ0n) is 32.1. The molecule has 12 heteroatoms. The van der Waals surface area contributed by atoms with Gasteiger partial charge in [0.25, 0.3) is 5.91 Å². The fourth-order valence-electron chi connectivity index (χ4n) is 9.67. The van der Waals surface area contributed by atoms with Crippen LogP contribution in [-0.4, -0.2) is 88.4 Å². The summed E-state index contributed by atoms with van der Waals surface area (Å²) in [7, 11) is 0.778. The standard InChI is InChI=1S/C42H54N4O7Si/c1-27-39(54(4,5)34-16-13-32(51-2)14-17-34)37(23-38(48)45-20-8-12-31(45)26-47)53-42(27)35-22-33(52-3)15-18-36(35)46(41(42)50)25-28-9-6-11-30(21-28)44-40(49)29-10-7-19-43-24-29/h6,9,11,13-18,21-22,27,29,31,37,39,43,47H,7-8,10,12,19-20,23-26H2,1-5H3,(H,44,49)/t27-,29?,31-,37+,39-,42+/m0/s1. The molecule has 3 amide bonds. The number of amides is 3. The lowest BCUT2D eigenvalue weighted by Crippen LogP contribution is -2.52. The summed E-state index contributed by atoms with van der Waals surface area (Å²) < 4.78 is 18.4. The topological polar surface area (TPSA) is 130 Å². The van der Waals surface area contributed by atoms with Crippen LogP contribution in [0.5, 0.6) is 11.5 Å². The fraction of sp³-hybridized carbons (Fsp3) is 0.500. The minimum absolute atomic E-state index is 0.00400. The van der Waals surface area contributed by atoms with Crippen LogP contribution >= 0.6 is 0 Å². The second-order valence-corrected chi connectivity index (χ2v) is 20.6. The first-order valence-electron chi connectivity index (χ1n) is 19.4. The summed E-state index contributed by atoms with van der Waals surface area (Å²) in [5.74, 6) is 0.773. The Kier molecular flexibility index (Phi) is 10.9. The Morgan fingerprint density at radius 3 is 2.48 bits per heavy atom. The molecule has 3 N–H and O–H groups in total. The van der Waals surface area contributed by atoms with Crippen molar-refractivity contribution in [2.45, 2.75) is 82.0 Å². The van der Waals surface area contributed by atoms with Gasteiger partial charge < -0.3 is 39.8 Å². The number of rotatable bonds is 11. The third-order valence-electron chi connectivity index (χ3n) is 12.5. The lowest BCUT2D eigenvalue weighted by molar-refractivity contribution is -0.150. The van der Waals surface area contributed by atoms with Crippen LogP contribution in [-0.2, 0) is 31.3 Å². The predicted octanol–water partition coefficient (Wildman–Crippen LogP) is 4.78. The van der Waals surface area contributed by atoms with E-state index in [2.05, 4.69) is 42.8 Å². The molecule has 288 valence electrons. The number of hydrogen-bond donors (Lipinski definition) is 3. The Morgan fingerprint density at radius 2 is 1.78 bits per heavy atom. The number of carbonyl (C=O) groups is 3. The summed E-state index contributed by atoms with van der Waals surface area (Å²) in [6.07, 6.45) is 3.01. The highest BCUT2D eigenvalue weighted by molar-refractivity contribution is 6.91. The van der Waals surface area contributed by atoms with Crippen LogP contribution in [0.25, 0.3) is 0 Å². The monoisotopic (exact) mass is 754 g/mol. The van der Waals surface area contributed by atoms with Gasteiger partial charge in [-0.3, -0.25) is 14.4 Å². The zero-order chi connectivity index (χ0) is 38.2. The molecule has 4 aliphatic rings. The van der Waals surface area contributed by atoms with Crippen LogP contribution in [0.3, 0.4) is 0 Å². The van der Waals surface area contributed by atoms with Crippen LogP contribution in [0, 0.1) is 11.8 Å². The summed E-state index contributed by atoms with van der Waals surface area (Å²) in [6.45, 7) is 9.11. The van der Waals surface area contributed by atoms with E-state index in [4.69, 9.17) is 14.2 Å². The Labute approximate surface area is 319 Å². The van der Waals surface area contributed by atoms with Crippen LogP contribution in [0.1, 0.15) is 50.2 Å². The highest BCUT2D eigenvalue weighted by Gasteiger charge is 2.66. The van der Waals surface area contributed by atoms with Gasteiger partial charge in [0, 0.05) is 30.3 Å². The highest BCUT2D eigenvalue weighted by Crippen LogP contribution is 2.60. The number of likely N-dealkylation sites (tertiary alicyclic amines) is 1. The maximum atomic E-state index is 15.3. The molecule has 4 aliphatic heterocycles. The number of hydrogen-bond acceptors (Lipinski definition) is 8. The largest absolute Gasteiger partial charge is 0.497 e. The van der Waals surface area contributed by atoms with Gasteiger partial charge in [-0.2, -0.15) is 0 Å². The third-order valence-corrected chi connectivity index (χ3v) is 16.9. The molecule has 4 heterocycles. The number of anilines is 2. The molecule has 11 nitrogen and oxygen atoms in total. The molecule has 0 radical (unpaired) electrons. The Bertz CT molecular complexity index is 1870. The average Bonchev–Trinajstić information content (AvgIpc) is 3.85. The Balaban J connectivity index is 1.25. The Morgan fingerprint density at radius 1 is 1.02 bits per heavy atom. The van der Waals surface area contributed by atoms with Crippen molar-refractivity contribution in [1.29, 1.82) is 0 Å². The number of methoxy groups -OCH3 is 2. The van der Waals surface area contributed by atoms with Crippen molar-refractivity contribution < 1.29 is 33.7 Å². The van der Waals surface area contributed by atoms with E-state index in [1.807, 2.05) is 54.6 Å². The maximum absolute atomic E-state index is 15.3. The van der Waals surface area contributed by atoms with Crippen LogP contribution in [0.15, 0.2) is 66.7 Å². The zero-order valence-corrected chi connectivity index (χ0v) is 33.1. The van der Waals surface area contributed by atoms with Gasteiger partial charge in [0.2, 0.25) is 11.8 Å². The third kappa shape index (κ3) is 6.82. The van der Waals surface area contributed by atoms with Gasteiger partial charge in [-0.25, -0.2) is 0 Å². The van der Waals surface area contributed by atoms with E-state index >= 15 is 4.79 Å². The van der Waals surface area contributed by atoms with Gasteiger partial charge in [0.1, 0.15) is 11.5 Å². The van der Waals surface area contributed by atoms with Gasteiger partial charge in [-0.05, 0) is 85.8 Å². The smallest absolute Gasteiger partial charge is 0.264 e. The minimum Gasteiger partial charge on any atom is -0.497 e. The second kappa shape index (κ2) is 15.5. The average molecular weight is 755 g/mol. The normalized spacial score (nSPS) is 26.6. The molecule has 54 heavy (non-hydrogen) atoms. The van der Waals surface area contributed by atoms with E-state index in [1.165, 1.54) is 5.19 Å². The van der Waals surface area contributed by atoms with Gasteiger partial charge >= 0.3 is 0 Å². The van der Waals surface area contributed by atoms with Gasteiger partial charge in [-0.15, -0.1) is 0 Å². The summed E-state index contributed by atoms with van der Waals surface area (Å²) in [6, 6.07) is 21.4. The molecule has 1 unspecified atom stereocenters. The van der Waals surface area contributed by atoms with E-state index < -0.39 is 19.8 Å². The molecule has 3 aromatic rings. The molecule has 0 saturated carbocycles. The van der Waals surface area contributed by atoms with Crippen molar-refractivity contribution in [3.63, 3.8) is 0 Å². The molecular weight excluding hydrogens is 701 g/mol. The molecule has 3 saturated heterocycles. The van der Waals surface area contributed by atoms with Crippen LogP contribution in [0.4, 0.5) is 11.4 Å². The van der Waals surface area contributed by atoms with Crippen molar-refractivity contribution in [3.05, 3.63) is 77.9 Å². The predicted molar refractivity (Wildman–Crippen MR) is 211 cm³/mol. The number of fused-ring (bicyclic) bond motifs is 2. The van der Waals surface area contributed by atoms with E-state index in [1.54, 1.807) is 24.0 Å². The molecule has 6 atom stereocenters. The van der Waals surface area contributed by atoms with E-state index in [0.717, 1.165) is 54.8 Å². The molecular formula is C42H54N4O7Si. The van der Waals surface area contributed by atoms with Crippen molar-refractivity contribution in [2.75, 3.05) is 50.7 Å². The summed E-state index contributed by atoms with van der Waals surface area (Å²) in [5, 5.41) is 17.7. The number of ether oxygens (including phenoxy) is 3. The van der Waals surface area contributed by atoms with Crippen molar-refractivity contribution >= 4 is 42.4 Å². The molecule has 3 fully saturated rings. The molecule has 0 aromatic heterocycles. The van der Waals surface area contributed by atoms with Gasteiger partial charge in [0.15, 0.2) is 5.60 Å². The van der Waals surface area contributed by atoms with Gasteiger partial charge in [-0.1, -0.05) is 49.5 Å². The minimum atomic E-state index is -2.49. The van der Waals surface area contributed by atoms with E-state index in [-0.39, 0.29) is 60.7 Å². The SMILES string of the molecule is COc1ccc([Si](C)(C)[C@@H]2[C@@H](CC(=O)N3CCC[C@H]3CO)O[C@]3(C(=O)N(Cc4cccc(NC(=O)C5CCCNC5)c4)c4ccc(OC)cc43)[C@H]2C)cc1. The maximum Gasteiger partial charge on any atom is 0.264 e. The lowest BCUT2D eigenvalue weighted by atomic mass is 9.82. The first kappa shape index (κ1) is 38.1. The summed E-state index contributed by atoms with van der Waals surface area (Å²) in [4.78, 5) is 46.1. The van der Waals surface area contributed by atoms with Crippen molar-refractivity contribution in [3.8, 4) is 11.5 Å². The molecule has 7 rings (SSSR count). The second-order valence-electron chi connectivity index (χ2n) is 15.9. The number of nitrogens with one attached hydrogen (secondary N) is 2. The summed E-state index contributed by atoms with van der Waals surface area (Å²) in [5.41, 5.74) is 1.55. The number of aliphatic hydroxyl groups excluding tert-OH is 1. The number of piperidine rings is 1. The fourth-order valence-corrected chi connectivity index (χ4v) is 13.7. The van der Waals surface area contributed by atoms with Crippen LogP contribution < -0.4 is 30.2 Å². The number of benzene rings is 3.